The molecule has 0 saturated heterocycles. The summed E-state index contributed by atoms with van der Waals surface area (Å²) < 4.78 is 0. The van der Waals surface area contributed by atoms with Crippen molar-refractivity contribution in [1.82, 2.24) is 0 Å². The van der Waals surface area contributed by atoms with Gasteiger partial charge < -0.3 is 4.90 Å². The summed E-state index contributed by atoms with van der Waals surface area (Å²) in [5, 5.41) is 0. The first-order chi connectivity index (χ1) is 6.42. The molecule has 0 aliphatic carbocycles. The SMILES string of the molecule is C#CCN1CC=Nc2ccccc21. The lowest BCUT2D eigenvalue weighted by atomic mass is 10.2. The molecule has 2 rings (SSSR count). The third kappa shape index (κ3) is 1.41. The van der Waals surface area contributed by atoms with Gasteiger partial charge in [-0.15, -0.1) is 6.42 Å². The summed E-state index contributed by atoms with van der Waals surface area (Å²) >= 11 is 0. The van der Waals surface area contributed by atoms with Crippen LogP contribution in [0.15, 0.2) is 29.3 Å². The van der Waals surface area contributed by atoms with Crippen molar-refractivity contribution in [3.63, 3.8) is 0 Å². The van der Waals surface area contributed by atoms with Gasteiger partial charge in [-0.05, 0) is 12.1 Å². The van der Waals surface area contributed by atoms with E-state index in [2.05, 4.69) is 15.8 Å². The summed E-state index contributed by atoms with van der Waals surface area (Å²) in [4.78, 5) is 6.42. The molecule has 1 aliphatic heterocycles. The molecule has 1 aromatic rings. The van der Waals surface area contributed by atoms with E-state index in [4.69, 9.17) is 6.42 Å². The summed E-state index contributed by atoms with van der Waals surface area (Å²) in [7, 11) is 0. The zero-order chi connectivity index (χ0) is 9.10. The standard InChI is InChI=1S/C11H10N2/c1-2-8-13-9-7-12-10-5-3-4-6-11(10)13/h1,3-7H,8-9H2. The molecule has 13 heavy (non-hydrogen) atoms. The van der Waals surface area contributed by atoms with Crippen LogP contribution in [0.4, 0.5) is 11.4 Å². The number of anilines is 1. The van der Waals surface area contributed by atoms with Crippen LogP contribution >= 0.6 is 0 Å². The molecule has 0 spiro atoms. The van der Waals surface area contributed by atoms with Crippen molar-refractivity contribution in [3.05, 3.63) is 24.3 Å². The summed E-state index contributed by atoms with van der Waals surface area (Å²) in [5.74, 6) is 2.64. The average Bonchev–Trinajstić information content (AvgIpc) is 2.19. The summed E-state index contributed by atoms with van der Waals surface area (Å²) in [6.45, 7) is 1.45. The van der Waals surface area contributed by atoms with Crippen LogP contribution in [0.2, 0.25) is 0 Å². The van der Waals surface area contributed by atoms with E-state index in [1.165, 1.54) is 0 Å². The lowest BCUT2D eigenvalue weighted by Gasteiger charge is -2.24. The zero-order valence-corrected chi connectivity index (χ0v) is 7.27. The van der Waals surface area contributed by atoms with E-state index in [9.17, 15) is 0 Å². The van der Waals surface area contributed by atoms with Crippen molar-refractivity contribution in [2.24, 2.45) is 4.99 Å². The number of hydrogen-bond acceptors (Lipinski definition) is 2. The van der Waals surface area contributed by atoms with Crippen LogP contribution < -0.4 is 4.90 Å². The number of hydrogen-bond donors (Lipinski definition) is 0. The highest BCUT2D eigenvalue weighted by Crippen LogP contribution is 2.29. The Bertz CT molecular complexity index is 374. The van der Waals surface area contributed by atoms with Crippen LogP contribution in [0.3, 0.4) is 0 Å². The van der Waals surface area contributed by atoms with E-state index in [1.54, 1.807) is 0 Å². The zero-order valence-electron chi connectivity index (χ0n) is 7.27. The molecule has 0 fully saturated rings. The lowest BCUT2D eigenvalue weighted by molar-refractivity contribution is 0.988. The van der Waals surface area contributed by atoms with Crippen molar-refractivity contribution in [2.45, 2.75) is 0 Å². The van der Waals surface area contributed by atoms with Gasteiger partial charge in [-0.1, -0.05) is 18.1 Å². The fourth-order valence-corrected chi connectivity index (χ4v) is 1.44. The Hall–Kier alpha value is -1.75. The maximum absolute atomic E-state index is 5.28. The molecule has 0 radical (unpaired) electrons. The fourth-order valence-electron chi connectivity index (χ4n) is 1.44. The smallest absolute Gasteiger partial charge is 0.0860 e. The second-order valence-electron chi connectivity index (χ2n) is 2.89. The Morgan fingerprint density at radius 3 is 3.15 bits per heavy atom. The van der Waals surface area contributed by atoms with Crippen molar-refractivity contribution < 1.29 is 0 Å². The first-order valence-corrected chi connectivity index (χ1v) is 4.22. The molecule has 2 heteroatoms. The summed E-state index contributed by atoms with van der Waals surface area (Å²) in [6, 6.07) is 8.02. The molecule has 1 aliphatic rings. The maximum atomic E-state index is 5.28. The van der Waals surface area contributed by atoms with E-state index in [-0.39, 0.29) is 0 Å². The minimum absolute atomic E-state index is 0.642. The Morgan fingerprint density at radius 1 is 1.46 bits per heavy atom. The molecule has 1 aromatic carbocycles. The van der Waals surface area contributed by atoms with E-state index >= 15 is 0 Å². The van der Waals surface area contributed by atoms with E-state index in [0.717, 1.165) is 17.9 Å². The van der Waals surface area contributed by atoms with Gasteiger partial charge in [-0.2, -0.15) is 0 Å². The molecule has 0 bridgehead atoms. The van der Waals surface area contributed by atoms with Gasteiger partial charge in [-0.25, -0.2) is 0 Å². The van der Waals surface area contributed by atoms with Gasteiger partial charge in [-0.3, -0.25) is 4.99 Å². The van der Waals surface area contributed by atoms with Gasteiger partial charge in [0.2, 0.25) is 0 Å². The number of para-hydroxylation sites is 2. The van der Waals surface area contributed by atoms with E-state index in [1.807, 2.05) is 30.5 Å². The van der Waals surface area contributed by atoms with Crippen LogP contribution in [0.5, 0.6) is 0 Å². The van der Waals surface area contributed by atoms with Crippen molar-refractivity contribution in [1.29, 1.82) is 0 Å². The van der Waals surface area contributed by atoms with Gasteiger partial charge in [0.1, 0.15) is 0 Å². The van der Waals surface area contributed by atoms with Crippen LogP contribution in [0.1, 0.15) is 0 Å². The highest BCUT2D eigenvalue weighted by atomic mass is 15.2. The minimum atomic E-state index is 0.642. The Balaban J connectivity index is 2.39. The first-order valence-electron chi connectivity index (χ1n) is 4.22. The normalized spacial score (nSPS) is 13.6. The highest BCUT2D eigenvalue weighted by Gasteiger charge is 2.11. The molecule has 0 unspecified atom stereocenters. The molecule has 0 atom stereocenters. The van der Waals surface area contributed by atoms with Gasteiger partial charge in [0.15, 0.2) is 0 Å². The molecule has 0 saturated carbocycles. The molecule has 1 heterocycles. The van der Waals surface area contributed by atoms with E-state index in [0.29, 0.717) is 6.54 Å². The molecule has 0 aromatic heterocycles. The van der Waals surface area contributed by atoms with Crippen molar-refractivity contribution >= 4 is 17.6 Å². The number of fused-ring (bicyclic) bond motifs is 1. The molecule has 64 valence electrons. The molecule has 0 amide bonds. The third-order valence-corrected chi connectivity index (χ3v) is 2.04. The van der Waals surface area contributed by atoms with Gasteiger partial charge >= 0.3 is 0 Å². The first kappa shape index (κ1) is 7.88. The van der Waals surface area contributed by atoms with Crippen LogP contribution in [-0.4, -0.2) is 19.3 Å². The minimum Gasteiger partial charge on any atom is -0.353 e. The highest BCUT2D eigenvalue weighted by molar-refractivity contribution is 5.81. The van der Waals surface area contributed by atoms with Crippen molar-refractivity contribution in [2.75, 3.05) is 18.0 Å². The number of benzene rings is 1. The van der Waals surface area contributed by atoms with Gasteiger partial charge in [0.25, 0.3) is 0 Å². The predicted molar refractivity (Wildman–Crippen MR) is 55.6 cm³/mol. The third-order valence-electron chi connectivity index (χ3n) is 2.04. The topological polar surface area (TPSA) is 15.6 Å². The number of aliphatic imine (C=N–C) groups is 1. The van der Waals surface area contributed by atoms with Crippen LogP contribution in [0, 0.1) is 12.3 Å². The van der Waals surface area contributed by atoms with Crippen LogP contribution in [0.25, 0.3) is 0 Å². The monoisotopic (exact) mass is 170 g/mol. The largest absolute Gasteiger partial charge is 0.353 e. The number of terminal acetylenes is 1. The summed E-state index contributed by atoms with van der Waals surface area (Å²) in [5.41, 5.74) is 2.13. The summed E-state index contributed by atoms with van der Waals surface area (Å²) in [6.07, 6.45) is 7.17. The Kier molecular flexibility index (Phi) is 2.01. The second-order valence-corrected chi connectivity index (χ2v) is 2.89. The molecule has 0 N–H and O–H groups in total. The number of nitrogens with zero attached hydrogens (tertiary/aromatic N) is 2. The van der Waals surface area contributed by atoms with Crippen molar-refractivity contribution in [3.8, 4) is 12.3 Å². The molecular weight excluding hydrogens is 160 g/mol. The van der Waals surface area contributed by atoms with Crippen LogP contribution in [-0.2, 0) is 0 Å². The average molecular weight is 170 g/mol. The van der Waals surface area contributed by atoms with E-state index < -0.39 is 0 Å². The molecule has 2 nitrogen and oxygen atoms in total. The maximum Gasteiger partial charge on any atom is 0.0860 e. The lowest BCUT2D eigenvalue weighted by Crippen LogP contribution is -2.27. The Labute approximate surface area is 77.9 Å². The fraction of sp³-hybridized carbons (Fsp3) is 0.182. The van der Waals surface area contributed by atoms with Gasteiger partial charge in [0, 0.05) is 6.21 Å². The van der Waals surface area contributed by atoms with Gasteiger partial charge in [0.05, 0.1) is 24.5 Å². The Morgan fingerprint density at radius 2 is 2.31 bits per heavy atom. The quantitative estimate of drug-likeness (QED) is 0.587. The second kappa shape index (κ2) is 3.32. The predicted octanol–water partition coefficient (Wildman–Crippen LogP) is 1.84. The number of rotatable bonds is 1. The molecular formula is C11H10N2.